The third kappa shape index (κ3) is 7.44. The summed E-state index contributed by atoms with van der Waals surface area (Å²) in [5.74, 6) is 0.838. The first-order chi connectivity index (χ1) is 15.7. The van der Waals surface area contributed by atoms with Gasteiger partial charge in [0.25, 0.3) is 0 Å². The zero-order valence-electron chi connectivity index (χ0n) is 20.8. The quantitative estimate of drug-likeness (QED) is 0.496. The predicted octanol–water partition coefficient (Wildman–Crippen LogP) is 3.06. The van der Waals surface area contributed by atoms with Crippen molar-refractivity contribution in [1.82, 2.24) is 14.8 Å². The van der Waals surface area contributed by atoms with Gasteiger partial charge in [-0.3, -0.25) is 19.5 Å². The SMILES string of the molecule is CCC(=O)N(CC1(N2CCN(CCOCC(C)(C)F)CC2)CCOCC1)c1cccc(C)n1. The van der Waals surface area contributed by atoms with E-state index in [0.29, 0.717) is 32.8 Å². The van der Waals surface area contributed by atoms with Crippen LogP contribution in [0.15, 0.2) is 18.2 Å². The third-order valence-corrected chi connectivity index (χ3v) is 6.67. The van der Waals surface area contributed by atoms with Gasteiger partial charge in [0.2, 0.25) is 5.91 Å². The van der Waals surface area contributed by atoms with Gasteiger partial charge in [-0.2, -0.15) is 0 Å². The van der Waals surface area contributed by atoms with Gasteiger partial charge in [0.1, 0.15) is 11.5 Å². The molecule has 0 saturated carbocycles. The second-order valence-corrected chi connectivity index (χ2v) is 9.91. The number of pyridine rings is 1. The summed E-state index contributed by atoms with van der Waals surface area (Å²) < 4.78 is 24.8. The Morgan fingerprint density at radius 1 is 1.24 bits per heavy atom. The number of carbonyl (C=O) groups is 1. The van der Waals surface area contributed by atoms with Crippen LogP contribution in [-0.2, 0) is 14.3 Å². The highest BCUT2D eigenvalue weighted by Crippen LogP contribution is 2.32. The molecule has 3 heterocycles. The number of carbonyl (C=O) groups excluding carboxylic acids is 1. The summed E-state index contributed by atoms with van der Waals surface area (Å²) in [4.78, 5) is 24.5. The van der Waals surface area contributed by atoms with E-state index in [1.165, 1.54) is 13.8 Å². The van der Waals surface area contributed by atoms with Crippen molar-refractivity contribution < 1.29 is 18.7 Å². The second kappa shape index (κ2) is 11.7. The number of amides is 1. The first-order valence-corrected chi connectivity index (χ1v) is 12.3. The van der Waals surface area contributed by atoms with Crippen molar-refractivity contribution in [3.63, 3.8) is 0 Å². The van der Waals surface area contributed by atoms with E-state index >= 15 is 0 Å². The van der Waals surface area contributed by atoms with E-state index in [9.17, 15) is 9.18 Å². The predicted molar refractivity (Wildman–Crippen MR) is 128 cm³/mol. The van der Waals surface area contributed by atoms with Crippen LogP contribution in [0.2, 0.25) is 0 Å². The molecule has 3 rings (SSSR count). The van der Waals surface area contributed by atoms with E-state index in [4.69, 9.17) is 9.47 Å². The minimum absolute atomic E-state index is 0.102. The van der Waals surface area contributed by atoms with Crippen molar-refractivity contribution in [2.45, 2.75) is 58.2 Å². The maximum absolute atomic E-state index is 13.6. The molecule has 0 unspecified atom stereocenters. The molecule has 2 fully saturated rings. The fourth-order valence-corrected chi connectivity index (χ4v) is 4.74. The largest absolute Gasteiger partial charge is 0.381 e. The molecule has 1 aromatic heterocycles. The first kappa shape index (κ1) is 26.0. The van der Waals surface area contributed by atoms with E-state index in [0.717, 1.165) is 57.1 Å². The Hall–Kier alpha value is -1.61. The van der Waals surface area contributed by atoms with Crippen LogP contribution < -0.4 is 4.90 Å². The van der Waals surface area contributed by atoms with Gasteiger partial charge in [-0.25, -0.2) is 9.37 Å². The molecule has 8 heteroatoms. The van der Waals surface area contributed by atoms with Gasteiger partial charge in [-0.15, -0.1) is 0 Å². The number of nitrogens with zero attached hydrogens (tertiary/aromatic N) is 4. The Morgan fingerprint density at radius 3 is 2.55 bits per heavy atom. The fourth-order valence-electron chi connectivity index (χ4n) is 4.74. The zero-order chi connectivity index (χ0) is 23.9. The summed E-state index contributed by atoms with van der Waals surface area (Å²) in [7, 11) is 0. The van der Waals surface area contributed by atoms with Gasteiger partial charge < -0.3 is 9.47 Å². The lowest BCUT2D eigenvalue weighted by Gasteiger charge is -2.51. The van der Waals surface area contributed by atoms with Crippen molar-refractivity contribution in [2.24, 2.45) is 0 Å². The van der Waals surface area contributed by atoms with Gasteiger partial charge in [0.05, 0.1) is 13.2 Å². The monoisotopic (exact) mass is 464 g/mol. The minimum Gasteiger partial charge on any atom is -0.381 e. The Bertz CT molecular complexity index is 756. The van der Waals surface area contributed by atoms with Crippen LogP contribution in [-0.4, -0.2) is 97.6 Å². The molecule has 2 aliphatic heterocycles. The molecule has 0 aliphatic carbocycles. The topological polar surface area (TPSA) is 58.1 Å². The summed E-state index contributed by atoms with van der Waals surface area (Å²) in [6, 6.07) is 5.86. The summed E-state index contributed by atoms with van der Waals surface area (Å²) in [6.07, 6.45) is 2.26. The molecule has 2 aliphatic rings. The molecule has 186 valence electrons. The maximum atomic E-state index is 13.6. The van der Waals surface area contributed by atoms with Crippen LogP contribution in [0.3, 0.4) is 0 Å². The lowest BCUT2D eigenvalue weighted by Crippen LogP contribution is -2.63. The molecule has 0 spiro atoms. The highest BCUT2D eigenvalue weighted by atomic mass is 19.1. The van der Waals surface area contributed by atoms with Gasteiger partial charge in [0, 0.05) is 70.1 Å². The van der Waals surface area contributed by atoms with Crippen LogP contribution in [0.25, 0.3) is 0 Å². The van der Waals surface area contributed by atoms with Gasteiger partial charge in [0.15, 0.2) is 0 Å². The number of aryl methyl sites for hydroxylation is 1. The smallest absolute Gasteiger partial charge is 0.227 e. The summed E-state index contributed by atoms with van der Waals surface area (Å²) >= 11 is 0. The number of rotatable bonds is 10. The van der Waals surface area contributed by atoms with Crippen molar-refractivity contribution in [2.75, 3.05) is 70.6 Å². The molecule has 33 heavy (non-hydrogen) atoms. The number of hydrogen-bond acceptors (Lipinski definition) is 6. The van der Waals surface area contributed by atoms with Crippen molar-refractivity contribution in [3.05, 3.63) is 23.9 Å². The van der Waals surface area contributed by atoms with Crippen LogP contribution in [0.4, 0.5) is 10.2 Å². The lowest BCUT2D eigenvalue weighted by atomic mass is 9.86. The normalized spacial score (nSPS) is 20.0. The van der Waals surface area contributed by atoms with Crippen molar-refractivity contribution in [3.8, 4) is 0 Å². The van der Waals surface area contributed by atoms with E-state index in [1.54, 1.807) is 0 Å². The van der Waals surface area contributed by atoms with Crippen molar-refractivity contribution >= 4 is 11.7 Å². The third-order valence-electron chi connectivity index (χ3n) is 6.67. The Balaban J connectivity index is 1.65. The highest BCUT2D eigenvalue weighted by Gasteiger charge is 2.42. The first-order valence-electron chi connectivity index (χ1n) is 12.3. The minimum atomic E-state index is -1.29. The molecular weight excluding hydrogens is 423 g/mol. The number of hydrogen-bond donors (Lipinski definition) is 0. The number of ether oxygens (including phenoxy) is 2. The number of piperazine rings is 1. The number of alkyl halides is 1. The highest BCUT2D eigenvalue weighted by molar-refractivity contribution is 5.92. The molecule has 0 radical (unpaired) electrons. The molecule has 0 N–H and O–H groups in total. The van der Waals surface area contributed by atoms with Gasteiger partial charge in [-0.05, 0) is 45.7 Å². The molecule has 0 atom stereocenters. The van der Waals surface area contributed by atoms with Crippen LogP contribution in [0.1, 0.15) is 45.7 Å². The van der Waals surface area contributed by atoms with E-state index in [2.05, 4.69) is 14.8 Å². The van der Waals surface area contributed by atoms with Crippen LogP contribution in [0.5, 0.6) is 0 Å². The molecule has 0 bridgehead atoms. The van der Waals surface area contributed by atoms with E-state index < -0.39 is 5.67 Å². The Morgan fingerprint density at radius 2 is 1.94 bits per heavy atom. The fraction of sp³-hybridized carbons (Fsp3) is 0.760. The summed E-state index contributed by atoms with van der Waals surface area (Å²) in [5.41, 5.74) is -0.494. The van der Waals surface area contributed by atoms with Crippen LogP contribution >= 0.6 is 0 Å². The van der Waals surface area contributed by atoms with E-state index in [-0.39, 0.29) is 18.1 Å². The zero-order valence-corrected chi connectivity index (χ0v) is 20.8. The standard InChI is InChI=1S/C25H41FN4O3/c1-5-23(31)30(22-8-6-7-21(2)27-22)19-25(9-16-32-17-10-25)29-13-11-28(12-14-29)15-18-33-20-24(3,4)26/h6-8H,5,9-20H2,1-4H3. The summed E-state index contributed by atoms with van der Waals surface area (Å²) in [5, 5.41) is 0. The number of anilines is 1. The molecule has 1 aromatic rings. The van der Waals surface area contributed by atoms with Gasteiger partial charge in [-0.1, -0.05) is 13.0 Å². The Labute approximate surface area is 198 Å². The van der Waals surface area contributed by atoms with Crippen LogP contribution in [0, 0.1) is 6.92 Å². The van der Waals surface area contributed by atoms with Crippen molar-refractivity contribution in [1.29, 1.82) is 0 Å². The molecular formula is C25H41FN4O3. The summed E-state index contributed by atoms with van der Waals surface area (Å²) in [6.45, 7) is 14.2. The molecule has 1 amide bonds. The maximum Gasteiger partial charge on any atom is 0.227 e. The molecule has 7 nitrogen and oxygen atoms in total. The average Bonchev–Trinajstić information content (AvgIpc) is 2.80. The number of aromatic nitrogens is 1. The average molecular weight is 465 g/mol. The molecule has 2 saturated heterocycles. The lowest BCUT2D eigenvalue weighted by molar-refractivity contribution is -0.119. The second-order valence-electron chi connectivity index (χ2n) is 9.91. The van der Waals surface area contributed by atoms with Gasteiger partial charge >= 0.3 is 0 Å². The van der Waals surface area contributed by atoms with E-state index in [1.807, 2.05) is 36.9 Å². The number of halogens is 1. The Kier molecular flexibility index (Phi) is 9.21. The molecule has 0 aromatic carbocycles.